The average molecular weight is 298 g/mol. The van der Waals surface area contributed by atoms with Crippen LogP contribution in [0, 0.1) is 11.3 Å². The van der Waals surface area contributed by atoms with E-state index in [-0.39, 0.29) is 11.3 Å². The lowest BCUT2D eigenvalue weighted by molar-refractivity contribution is 0.263. The Morgan fingerprint density at radius 2 is 1.90 bits per heavy atom. The molecular formula is C15H26N2O2S. The van der Waals surface area contributed by atoms with Gasteiger partial charge in [0.05, 0.1) is 4.90 Å². The molecule has 1 aromatic carbocycles. The zero-order valence-corrected chi connectivity index (χ0v) is 13.8. The molecule has 4 nitrogen and oxygen atoms in total. The minimum atomic E-state index is -3.51. The summed E-state index contributed by atoms with van der Waals surface area (Å²) in [6.45, 7) is 10.7. The van der Waals surface area contributed by atoms with E-state index in [9.17, 15) is 8.42 Å². The highest BCUT2D eigenvalue weighted by Crippen LogP contribution is 2.25. The number of nitrogens with one attached hydrogen (secondary N) is 1. The second-order valence-corrected chi connectivity index (χ2v) is 8.08. The largest absolute Gasteiger partial charge is 0.399 e. The number of sulfonamides is 1. The Hall–Kier alpha value is -1.07. The summed E-state index contributed by atoms with van der Waals surface area (Å²) >= 11 is 0. The topological polar surface area (TPSA) is 72.2 Å². The molecule has 3 N–H and O–H groups in total. The molecule has 114 valence electrons. The van der Waals surface area contributed by atoms with Crippen molar-refractivity contribution >= 4 is 15.7 Å². The Morgan fingerprint density at radius 3 is 2.40 bits per heavy atom. The minimum absolute atomic E-state index is 0.0613. The summed E-state index contributed by atoms with van der Waals surface area (Å²) in [6, 6.07) is 5.04. The number of rotatable bonds is 5. The summed E-state index contributed by atoms with van der Waals surface area (Å²) in [5.74, 6) is 0.239. The van der Waals surface area contributed by atoms with Crippen LogP contribution in [0.15, 0.2) is 23.1 Å². The summed E-state index contributed by atoms with van der Waals surface area (Å²) in [6.07, 6.45) is 0.658. The zero-order valence-electron chi connectivity index (χ0n) is 13.0. The number of nitrogens with two attached hydrogens (primary N) is 1. The predicted molar refractivity (Wildman–Crippen MR) is 84.0 cm³/mol. The monoisotopic (exact) mass is 298 g/mol. The SMILES string of the molecule is CCc1ccc(N)cc1S(=O)(=O)NCC(C)C(C)(C)C. The summed E-state index contributed by atoms with van der Waals surface area (Å²) in [4.78, 5) is 0.293. The fourth-order valence-electron chi connectivity index (χ4n) is 1.73. The number of hydrogen-bond acceptors (Lipinski definition) is 3. The molecule has 0 spiro atoms. The van der Waals surface area contributed by atoms with Crippen molar-refractivity contribution in [3.8, 4) is 0 Å². The molecule has 20 heavy (non-hydrogen) atoms. The highest BCUT2D eigenvalue weighted by molar-refractivity contribution is 7.89. The van der Waals surface area contributed by atoms with Crippen LogP contribution in [0.25, 0.3) is 0 Å². The summed E-state index contributed by atoms with van der Waals surface area (Å²) < 4.78 is 27.6. The third-order valence-electron chi connectivity index (χ3n) is 3.82. The summed E-state index contributed by atoms with van der Waals surface area (Å²) in [5.41, 5.74) is 7.02. The average Bonchev–Trinajstić information content (AvgIpc) is 2.34. The van der Waals surface area contributed by atoms with Crippen molar-refractivity contribution in [3.05, 3.63) is 23.8 Å². The van der Waals surface area contributed by atoms with Crippen LogP contribution in [-0.2, 0) is 16.4 Å². The van der Waals surface area contributed by atoms with Gasteiger partial charge >= 0.3 is 0 Å². The van der Waals surface area contributed by atoms with Gasteiger partial charge in [-0.25, -0.2) is 13.1 Å². The molecule has 0 saturated carbocycles. The molecule has 0 saturated heterocycles. The first kappa shape index (κ1) is 17.0. The first-order chi connectivity index (χ1) is 9.08. The Kier molecular flexibility index (Phi) is 5.21. The van der Waals surface area contributed by atoms with Crippen LogP contribution in [0.2, 0.25) is 0 Å². The van der Waals surface area contributed by atoms with Crippen molar-refractivity contribution in [2.24, 2.45) is 11.3 Å². The number of aryl methyl sites for hydroxylation is 1. The lowest BCUT2D eigenvalue weighted by atomic mass is 9.82. The summed E-state index contributed by atoms with van der Waals surface area (Å²) in [7, 11) is -3.51. The maximum absolute atomic E-state index is 12.4. The molecule has 5 heteroatoms. The van der Waals surface area contributed by atoms with Gasteiger partial charge in [0.15, 0.2) is 0 Å². The normalized spacial score (nSPS) is 14.2. The molecule has 0 bridgehead atoms. The molecule has 0 aliphatic rings. The van der Waals surface area contributed by atoms with Crippen molar-refractivity contribution in [3.63, 3.8) is 0 Å². The molecule has 0 aliphatic heterocycles. The molecule has 0 aliphatic carbocycles. The zero-order chi connectivity index (χ0) is 15.6. The van der Waals surface area contributed by atoms with Crippen LogP contribution in [0.5, 0.6) is 0 Å². The first-order valence-electron chi connectivity index (χ1n) is 6.96. The van der Waals surface area contributed by atoms with Crippen LogP contribution in [0.1, 0.15) is 40.2 Å². The molecule has 1 atom stereocenters. The molecule has 1 aromatic rings. The Bertz CT molecular complexity index is 560. The van der Waals surface area contributed by atoms with E-state index in [1.54, 1.807) is 12.1 Å². The highest BCUT2D eigenvalue weighted by Gasteiger charge is 2.24. The molecule has 1 unspecified atom stereocenters. The van der Waals surface area contributed by atoms with Crippen LogP contribution in [0.4, 0.5) is 5.69 Å². The van der Waals surface area contributed by atoms with Gasteiger partial charge in [-0.15, -0.1) is 0 Å². The van der Waals surface area contributed by atoms with E-state index in [1.165, 1.54) is 6.07 Å². The Balaban J connectivity index is 2.98. The van der Waals surface area contributed by atoms with Crippen molar-refractivity contribution in [2.75, 3.05) is 12.3 Å². The smallest absolute Gasteiger partial charge is 0.240 e. The molecule has 0 aromatic heterocycles. The van der Waals surface area contributed by atoms with E-state index in [0.29, 0.717) is 23.5 Å². The van der Waals surface area contributed by atoms with Gasteiger partial charge in [0.1, 0.15) is 0 Å². The van der Waals surface area contributed by atoms with Crippen LogP contribution in [0.3, 0.4) is 0 Å². The molecule has 0 heterocycles. The van der Waals surface area contributed by atoms with Crippen molar-refractivity contribution in [1.82, 2.24) is 4.72 Å². The molecule has 0 fully saturated rings. The van der Waals surface area contributed by atoms with Gasteiger partial charge in [-0.1, -0.05) is 40.7 Å². The van der Waals surface area contributed by atoms with E-state index in [0.717, 1.165) is 5.56 Å². The van der Waals surface area contributed by atoms with Crippen molar-refractivity contribution in [1.29, 1.82) is 0 Å². The maximum Gasteiger partial charge on any atom is 0.240 e. The standard InChI is InChI=1S/C15H26N2O2S/c1-6-12-7-8-13(16)9-14(12)20(18,19)17-10-11(2)15(3,4)5/h7-9,11,17H,6,10,16H2,1-5H3. The summed E-state index contributed by atoms with van der Waals surface area (Å²) in [5, 5.41) is 0. The first-order valence-corrected chi connectivity index (χ1v) is 8.44. The van der Waals surface area contributed by atoms with Crippen molar-refractivity contribution in [2.45, 2.75) is 45.9 Å². The van der Waals surface area contributed by atoms with Crippen LogP contribution >= 0.6 is 0 Å². The van der Waals surface area contributed by atoms with Gasteiger partial charge in [-0.05, 0) is 35.4 Å². The number of anilines is 1. The third kappa shape index (κ3) is 4.21. The van der Waals surface area contributed by atoms with Gasteiger partial charge in [-0.3, -0.25) is 0 Å². The fourth-order valence-corrected chi connectivity index (χ4v) is 3.21. The third-order valence-corrected chi connectivity index (χ3v) is 5.33. The van der Waals surface area contributed by atoms with E-state index >= 15 is 0 Å². The van der Waals surface area contributed by atoms with Gasteiger partial charge in [0, 0.05) is 12.2 Å². The molecule has 1 rings (SSSR count). The minimum Gasteiger partial charge on any atom is -0.399 e. The van der Waals surface area contributed by atoms with E-state index in [4.69, 9.17) is 5.73 Å². The lowest BCUT2D eigenvalue weighted by Crippen LogP contribution is -2.34. The van der Waals surface area contributed by atoms with Crippen LogP contribution < -0.4 is 10.5 Å². The van der Waals surface area contributed by atoms with Gasteiger partial charge in [0.2, 0.25) is 10.0 Å². The quantitative estimate of drug-likeness (QED) is 0.821. The van der Waals surface area contributed by atoms with Crippen molar-refractivity contribution < 1.29 is 8.42 Å². The van der Waals surface area contributed by atoms with Crippen LogP contribution in [-0.4, -0.2) is 15.0 Å². The molecular weight excluding hydrogens is 272 g/mol. The van der Waals surface area contributed by atoms with E-state index in [1.807, 2.05) is 13.8 Å². The molecule has 0 amide bonds. The van der Waals surface area contributed by atoms with Gasteiger partial charge < -0.3 is 5.73 Å². The second kappa shape index (κ2) is 6.14. The lowest BCUT2D eigenvalue weighted by Gasteiger charge is -2.27. The molecule has 0 radical (unpaired) electrons. The number of benzene rings is 1. The Labute approximate surface area is 122 Å². The Morgan fingerprint density at radius 1 is 1.30 bits per heavy atom. The second-order valence-electron chi connectivity index (χ2n) is 6.34. The maximum atomic E-state index is 12.4. The predicted octanol–water partition coefficient (Wildman–Crippen LogP) is 2.79. The van der Waals surface area contributed by atoms with Gasteiger partial charge in [0.25, 0.3) is 0 Å². The fraction of sp³-hybridized carbons (Fsp3) is 0.600. The van der Waals surface area contributed by atoms with E-state index < -0.39 is 10.0 Å². The highest BCUT2D eigenvalue weighted by atomic mass is 32.2. The number of nitrogen functional groups attached to an aromatic ring is 1. The van der Waals surface area contributed by atoms with Gasteiger partial charge in [-0.2, -0.15) is 0 Å². The van der Waals surface area contributed by atoms with E-state index in [2.05, 4.69) is 25.5 Å². The number of hydrogen-bond donors (Lipinski definition) is 2.